The van der Waals surface area contributed by atoms with Gasteiger partial charge in [-0.1, -0.05) is 24.3 Å². The van der Waals surface area contributed by atoms with Crippen LogP contribution in [0.4, 0.5) is 5.82 Å². The molecule has 3 rings (SSSR count). The first-order valence-corrected chi connectivity index (χ1v) is 7.00. The number of hydrogen-bond donors (Lipinski definition) is 1. The molecule has 2 aromatic rings. The quantitative estimate of drug-likeness (QED) is 0.891. The van der Waals surface area contributed by atoms with Crippen molar-refractivity contribution in [3.8, 4) is 0 Å². The molecule has 1 aromatic carbocycles. The van der Waals surface area contributed by atoms with Gasteiger partial charge in [-0.05, 0) is 32.7 Å². The first kappa shape index (κ1) is 12.4. The summed E-state index contributed by atoms with van der Waals surface area (Å²) in [5.74, 6) is 1.03. The summed E-state index contributed by atoms with van der Waals surface area (Å²) in [5, 5.41) is 11.2. The number of rotatable bonds is 5. The van der Waals surface area contributed by atoms with E-state index in [1.807, 2.05) is 6.92 Å². The highest BCUT2D eigenvalue weighted by molar-refractivity contribution is 5.93. The number of aryl methyl sites for hydroxylation is 1. The molecule has 4 heteroatoms. The summed E-state index contributed by atoms with van der Waals surface area (Å²) < 4.78 is 0. The van der Waals surface area contributed by atoms with Crippen LogP contribution < -0.4 is 10.6 Å². The second kappa shape index (κ2) is 5.13. The molecule has 1 fully saturated rings. The first-order chi connectivity index (χ1) is 9.31. The molecule has 19 heavy (non-hydrogen) atoms. The molecule has 2 N–H and O–H groups in total. The molecule has 0 unspecified atom stereocenters. The van der Waals surface area contributed by atoms with Crippen LogP contribution in [0.5, 0.6) is 0 Å². The number of nitrogens with zero attached hydrogens (tertiary/aromatic N) is 3. The maximum absolute atomic E-state index is 5.65. The van der Waals surface area contributed by atoms with Crippen LogP contribution in [-0.2, 0) is 0 Å². The Morgan fingerprint density at radius 2 is 1.95 bits per heavy atom. The molecule has 1 saturated carbocycles. The minimum atomic E-state index is 0.631. The zero-order valence-electron chi connectivity index (χ0n) is 11.3. The Morgan fingerprint density at radius 3 is 2.63 bits per heavy atom. The molecule has 0 radical (unpaired) electrons. The lowest BCUT2D eigenvalue weighted by molar-refractivity contribution is 0.718. The monoisotopic (exact) mass is 256 g/mol. The zero-order chi connectivity index (χ0) is 13.2. The molecular formula is C15H20N4. The molecule has 0 saturated heterocycles. The first-order valence-electron chi connectivity index (χ1n) is 7.00. The van der Waals surface area contributed by atoms with Gasteiger partial charge < -0.3 is 10.6 Å². The number of aromatic nitrogens is 2. The van der Waals surface area contributed by atoms with Gasteiger partial charge in [0.1, 0.15) is 0 Å². The third kappa shape index (κ3) is 2.40. The van der Waals surface area contributed by atoms with Gasteiger partial charge in [0, 0.05) is 23.4 Å². The molecule has 0 aliphatic heterocycles. The lowest BCUT2D eigenvalue weighted by Crippen LogP contribution is -2.29. The summed E-state index contributed by atoms with van der Waals surface area (Å²) in [6.45, 7) is 3.71. The normalized spacial score (nSPS) is 14.8. The number of hydrogen-bond acceptors (Lipinski definition) is 4. The van der Waals surface area contributed by atoms with Crippen molar-refractivity contribution in [1.29, 1.82) is 0 Å². The Balaban J connectivity index is 2.05. The van der Waals surface area contributed by atoms with Crippen molar-refractivity contribution in [1.82, 2.24) is 10.2 Å². The van der Waals surface area contributed by atoms with E-state index >= 15 is 0 Å². The van der Waals surface area contributed by atoms with Gasteiger partial charge in [0.05, 0.1) is 5.69 Å². The standard InChI is InChI=1S/C15H20N4/c1-11-13-5-2-3-6-14(13)15(18-17-11)19(10-4-9-16)12-7-8-12/h2-3,5-6,12H,4,7-10,16H2,1H3. The van der Waals surface area contributed by atoms with Gasteiger partial charge in [-0.25, -0.2) is 0 Å². The molecule has 1 heterocycles. The fourth-order valence-electron chi connectivity index (χ4n) is 2.55. The van der Waals surface area contributed by atoms with Crippen LogP contribution in [0.1, 0.15) is 25.0 Å². The van der Waals surface area contributed by atoms with E-state index in [9.17, 15) is 0 Å². The van der Waals surface area contributed by atoms with E-state index in [2.05, 4.69) is 39.4 Å². The second-order valence-corrected chi connectivity index (χ2v) is 5.22. The van der Waals surface area contributed by atoms with Crippen molar-refractivity contribution in [2.45, 2.75) is 32.2 Å². The van der Waals surface area contributed by atoms with Crippen LogP contribution in [0.2, 0.25) is 0 Å². The Labute approximate surface area is 113 Å². The number of nitrogens with two attached hydrogens (primary N) is 1. The van der Waals surface area contributed by atoms with E-state index in [4.69, 9.17) is 5.73 Å². The second-order valence-electron chi connectivity index (χ2n) is 5.22. The minimum Gasteiger partial charge on any atom is -0.352 e. The SMILES string of the molecule is Cc1nnc(N(CCCN)C2CC2)c2ccccc12. The molecular weight excluding hydrogens is 236 g/mol. The highest BCUT2D eigenvalue weighted by Crippen LogP contribution is 2.34. The lowest BCUT2D eigenvalue weighted by Gasteiger charge is -2.24. The largest absolute Gasteiger partial charge is 0.352 e. The Morgan fingerprint density at radius 1 is 1.21 bits per heavy atom. The van der Waals surface area contributed by atoms with Gasteiger partial charge in [0.2, 0.25) is 0 Å². The number of anilines is 1. The molecule has 1 aliphatic carbocycles. The molecule has 0 bridgehead atoms. The van der Waals surface area contributed by atoms with E-state index in [0.717, 1.165) is 31.0 Å². The maximum Gasteiger partial charge on any atom is 0.159 e. The lowest BCUT2D eigenvalue weighted by atomic mass is 10.1. The van der Waals surface area contributed by atoms with Crippen molar-refractivity contribution in [3.05, 3.63) is 30.0 Å². The summed E-state index contributed by atoms with van der Waals surface area (Å²) >= 11 is 0. The van der Waals surface area contributed by atoms with Crippen molar-refractivity contribution >= 4 is 16.6 Å². The molecule has 1 aliphatic rings. The topological polar surface area (TPSA) is 55.0 Å². The number of fused-ring (bicyclic) bond motifs is 1. The van der Waals surface area contributed by atoms with Gasteiger partial charge in [0.15, 0.2) is 5.82 Å². The summed E-state index contributed by atoms with van der Waals surface area (Å²) in [6, 6.07) is 9.02. The van der Waals surface area contributed by atoms with Gasteiger partial charge in [-0.15, -0.1) is 5.10 Å². The van der Waals surface area contributed by atoms with E-state index in [1.54, 1.807) is 0 Å². The van der Waals surface area contributed by atoms with Crippen LogP contribution in [0.3, 0.4) is 0 Å². The van der Waals surface area contributed by atoms with Gasteiger partial charge in [-0.2, -0.15) is 5.10 Å². The Kier molecular flexibility index (Phi) is 3.34. The molecule has 0 amide bonds. The molecule has 0 spiro atoms. The third-order valence-corrected chi connectivity index (χ3v) is 3.72. The Hall–Kier alpha value is -1.68. The average molecular weight is 256 g/mol. The minimum absolute atomic E-state index is 0.631. The fraction of sp³-hybridized carbons (Fsp3) is 0.467. The van der Waals surface area contributed by atoms with Crippen molar-refractivity contribution in [2.75, 3.05) is 18.0 Å². The maximum atomic E-state index is 5.65. The summed E-state index contributed by atoms with van der Waals surface area (Å²) in [6.07, 6.45) is 3.52. The predicted octanol–water partition coefficient (Wildman–Crippen LogP) is 2.26. The molecule has 100 valence electrons. The van der Waals surface area contributed by atoms with Gasteiger partial charge in [0.25, 0.3) is 0 Å². The number of benzene rings is 1. The third-order valence-electron chi connectivity index (χ3n) is 3.72. The van der Waals surface area contributed by atoms with E-state index in [0.29, 0.717) is 6.04 Å². The average Bonchev–Trinajstić information content (AvgIpc) is 3.26. The van der Waals surface area contributed by atoms with Crippen molar-refractivity contribution < 1.29 is 0 Å². The van der Waals surface area contributed by atoms with Gasteiger partial charge >= 0.3 is 0 Å². The Bertz CT molecular complexity index is 577. The predicted molar refractivity (Wildman–Crippen MR) is 78.3 cm³/mol. The summed E-state index contributed by atoms with van der Waals surface area (Å²) in [7, 11) is 0. The highest BCUT2D eigenvalue weighted by Gasteiger charge is 2.30. The van der Waals surface area contributed by atoms with Crippen LogP contribution in [-0.4, -0.2) is 29.3 Å². The van der Waals surface area contributed by atoms with Crippen molar-refractivity contribution in [2.24, 2.45) is 5.73 Å². The summed E-state index contributed by atoms with van der Waals surface area (Å²) in [4.78, 5) is 2.39. The molecule has 0 atom stereocenters. The van der Waals surface area contributed by atoms with Crippen LogP contribution in [0.25, 0.3) is 10.8 Å². The van der Waals surface area contributed by atoms with Crippen molar-refractivity contribution in [3.63, 3.8) is 0 Å². The smallest absolute Gasteiger partial charge is 0.159 e. The van der Waals surface area contributed by atoms with Crippen LogP contribution in [0.15, 0.2) is 24.3 Å². The fourth-order valence-corrected chi connectivity index (χ4v) is 2.55. The van der Waals surface area contributed by atoms with Crippen LogP contribution >= 0.6 is 0 Å². The molecule has 4 nitrogen and oxygen atoms in total. The van der Waals surface area contributed by atoms with Gasteiger partial charge in [-0.3, -0.25) is 0 Å². The van der Waals surface area contributed by atoms with E-state index in [1.165, 1.54) is 23.6 Å². The van der Waals surface area contributed by atoms with E-state index in [-0.39, 0.29) is 0 Å². The van der Waals surface area contributed by atoms with Crippen LogP contribution in [0, 0.1) is 6.92 Å². The molecule has 1 aromatic heterocycles. The van der Waals surface area contributed by atoms with E-state index < -0.39 is 0 Å². The highest BCUT2D eigenvalue weighted by atomic mass is 15.3. The summed E-state index contributed by atoms with van der Waals surface area (Å²) in [5.41, 5.74) is 6.64. The zero-order valence-corrected chi connectivity index (χ0v) is 11.3.